The lowest BCUT2D eigenvalue weighted by atomic mass is 9.84. The van der Waals surface area contributed by atoms with E-state index in [1.807, 2.05) is 0 Å². The van der Waals surface area contributed by atoms with E-state index in [9.17, 15) is 23.6 Å². The van der Waals surface area contributed by atoms with Crippen molar-refractivity contribution in [3.8, 4) is 0 Å². The minimum atomic E-state index is -2.42. The number of carbonyl (C=O) groups excluding carboxylic acids is 4. The summed E-state index contributed by atoms with van der Waals surface area (Å²) >= 11 is 5.21. The number of hydrogen-bond donors (Lipinski definition) is 3. The normalized spacial score (nSPS) is 16.2. The summed E-state index contributed by atoms with van der Waals surface area (Å²) in [6.45, 7) is 1.26. The van der Waals surface area contributed by atoms with Crippen molar-refractivity contribution < 1.29 is 28.1 Å². The molecular formula is C19H27ClFN5O5. The average Bonchev–Trinajstić information content (AvgIpc) is 3.17. The fourth-order valence-electron chi connectivity index (χ4n) is 3.47. The van der Waals surface area contributed by atoms with Gasteiger partial charge in [-0.05, 0) is 19.3 Å². The SMILES string of the molecule is Cc1cc(C(=O)NC(CC2CCCCC2)C(=O)NN(CCC(N)=O)C(=O)C(F)Cl)no1. The molecule has 4 N–H and O–H groups in total. The van der Waals surface area contributed by atoms with Crippen LogP contribution in [0.1, 0.15) is 61.2 Å². The zero-order valence-electron chi connectivity index (χ0n) is 17.2. The Morgan fingerprint density at radius 3 is 2.55 bits per heavy atom. The van der Waals surface area contributed by atoms with Gasteiger partial charge in [-0.15, -0.1) is 0 Å². The largest absolute Gasteiger partial charge is 0.370 e. The molecule has 12 heteroatoms. The molecule has 1 aliphatic carbocycles. The van der Waals surface area contributed by atoms with E-state index in [1.165, 1.54) is 6.07 Å². The first-order valence-corrected chi connectivity index (χ1v) is 10.5. The standard InChI is InChI=1S/C19H27ClFN5O5/c1-11-9-14(25-31-11)17(28)23-13(10-12-5-3-2-4-6-12)18(29)24-26(8-7-15(22)27)19(30)16(20)21/h9,12-13,16H,2-8,10H2,1H3,(H2,22,27)(H,23,28)(H,24,29). The van der Waals surface area contributed by atoms with Crippen LogP contribution >= 0.6 is 11.6 Å². The van der Waals surface area contributed by atoms with Crippen LogP contribution in [0.4, 0.5) is 4.39 Å². The van der Waals surface area contributed by atoms with Crippen molar-refractivity contribution >= 4 is 35.2 Å². The number of nitrogens with zero attached hydrogens (tertiary/aromatic N) is 2. The van der Waals surface area contributed by atoms with Crippen LogP contribution in [0.15, 0.2) is 10.6 Å². The summed E-state index contributed by atoms with van der Waals surface area (Å²) in [4.78, 5) is 48.5. The molecule has 10 nitrogen and oxygen atoms in total. The summed E-state index contributed by atoms with van der Waals surface area (Å²) in [5.41, 5.74) is 4.92. The third kappa shape index (κ3) is 7.82. The second kappa shape index (κ2) is 11.6. The quantitative estimate of drug-likeness (QED) is 0.374. The van der Waals surface area contributed by atoms with Gasteiger partial charge in [0.05, 0.1) is 6.54 Å². The summed E-state index contributed by atoms with van der Waals surface area (Å²) in [5, 5.41) is 6.84. The highest BCUT2D eigenvalue weighted by atomic mass is 35.5. The van der Waals surface area contributed by atoms with Gasteiger partial charge < -0.3 is 15.6 Å². The second-order valence-corrected chi connectivity index (χ2v) is 7.95. The van der Waals surface area contributed by atoms with E-state index in [0.717, 1.165) is 32.1 Å². The number of aryl methyl sites for hydroxylation is 1. The first-order valence-electron chi connectivity index (χ1n) is 10.1. The van der Waals surface area contributed by atoms with Crippen molar-refractivity contribution in [3.05, 3.63) is 17.5 Å². The molecule has 2 rings (SSSR count). The van der Waals surface area contributed by atoms with Crippen LogP contribution in [0.3, 0.4) is 0 Å². The number of nitrogens with one attached hydrogen (secondary N) is 2. The maximum Gasteiger partial charge on any atom is 0.291 e. The molecule has 1 saturated carbocycles. The van der Waals surface area contributed by atoms with E-state index < -0.39 is 35.3 Å². The first-order chi connectivity index (χ1) is 14.7. The van der Waals surface area contributed by atoms with E-state index in [0.29, 0.717) is 17.2 Å². The zero-order valence-corrected chi connectivity index (χ0v) is 18.0. The van der Waals surface area contributed by atoms with Crippen molar-refractivity contribution in [3.63, 3.8) is 0 Å². The van der Waals surface area contributed by atoms with Crippen molar-refractivity contribution in [1.29, 1.82) is 0 Å². The molecule has 2 unspecified atom stereocenters. The van der Waals surface area contributed by atoms with Crippen LogP contribution in [-0.2, 0) is 14.4 Å². The summed E-state index contributed by atoms with van der Waals surface area (Å²) in [6.07, 6.45) is 4.98. The Kier molecular flexibility index (Phi) is 9.22. The number of amides is 4. The summed E-state index contributed by atoms with van der Waals surface area (Å²) < 4.78 is 18.2. The van der Waals surface area contributed by atoms with Gasteiger partial charge in [0, 0.05) is 12.5 Å². The lowest BCUT2D eigenvalue weighted by Gasteiger charge is -2.29. The molecule has 1 aliphatic rings. The van der Waals surface area contributed by atoms with Gasteiger partial charge in [-0.1, -0.05) is 48.9 Å². The van der Waals surface area contributed by atoms with E-state index in [2.05, 4.69) is 15.9 Å². The number of carbonyl (C=O) groups is 4. The molecule has 4 amide bonds. The molecule has 1 aromatic heterocycles. The van der Waals surface area contributed by atoms with Gasteiger partial charge in [0.15, 0.2) is 5.69 Å². The number of halogens is 2. The Labute approximate surface area is 184 Å². The number of hydrogen-bond acceptors (Lipinski definition) is 6. The minimum absolute atomic E-state index is 0.00480. The Hall–Kier alpha value is -2.69. The molecule has 0 aromatic carbocycles. The topological polar surface area (TPSA) is 148 Å². The molecule has 0 bridgehead atoms. The average molecular weight is 460 g/mol. The number of rotatable bonds is 9. The molecule has 2 atom stereocenters. The predicted molar refractivity (Wildman–Crippen MR) is 108 cm³/mol. The summed E-state index contributed by atoms with van der Waals surface area (Å²) in [5.74, 6) is -2.73. The zero-order chi connectivity index (χ0) is 23.0. The van der Waals surface area contributed by atoms with E-state index in [1.54, 1.807) is 6.92 Å². The van der Waals surface area contributed by atoms with Gasteiger partial charge in [-0.3, -0.25) is 24.6 Å². The van der Waals surface area contributed by atoms with Crippen LogP contribution in [0.25, 0.3) is 0 Å². The Bertz CT molecular complexity index is 796. The molecule has 1 fully saturated rings. The van der Waals surface area contributed by atoms with Crippen LogP contribution in [-0.4, -0.2) is 52.0 Å². The van der Waals surface area contributed by atoms with Crippen molar-refractivity contribution in [1.82, 2.24) is 20.9 Å². The number of aromatic nitrogens is 1. The first kappa shape index (κ1) is 24.6. The Morgan fingerprint density at radius 2 is 2.00 bits per heavy atom. The maximum absolute atomic E-state index is 13.3. The number of alkyl halides is 2. The van der Waals surface area contributed by atoms with E-state index in [-0.39, 0.29) is 24.6 Å². The molecule has 172 valence electrons. The predicted octanol–water partition coefficient (Wildman–Crippen LogP) is 1.32. The van der Waals surface area contributed by atoms with Gasteiger partial charge >= 0.3 is 0 Å². The highest BCUT2D eigenvalue weighted by Gasteiger charge is 2.31. The second-order valence-electron chi connectivity index (χ2n) is 7.57. The highest BCUT2D eigenvalue weighted by molar-refractivity contribution is 6.29. The number of primary amides is 1. The molecule has 31 heavy (non-hydrogen) atoms. The monoisotopic (exact) mass is 459 g/mol. The maximum atomic E-state index is 13.3. The molecule has 0 spiro atoms. The minimum Gasteiger partial charge on any atom is -0.370 e. The van der Waals surface area contributed by atoms with Crippen molar-refractivity contribution in [2.24, 2.45) is 11.7 Å². The third-order valence-corrected chi connectivity index (χ3v) is 5.24. The van der Waals surface area contributed by atoms with Gasteiger partial charge in [-0.25, -0.2) is 9.40 Å². The summed E-state index contributed by atoms with van der Waals surface area (Å²) in [6, 6.07) is 0.402. The molecule has 0 aliphatic heterocycles. The van der Waals surface area contributed by atoms with Crippen LogP contribution in [0.2, 0.25) is 0 Å². The van der Waals surface area contributed by atoms with Gasteiger partial charge in [0.1, 0.15) is 11.8 Å². The number of hydrazine groups is 1. The molecule has 1 aromatic rings. The smallest absolute Gasteiger partial charge is 0.291 e. The molecule has 0 saturated heterocycles. The van der Waals surface area contributed by atoms with Crippen LogP contribution < -0.4 is 16.5 Å². The highest BCUT2D eigenvalue weighted by Crippen LogP contribution is 2.27. The van der Waals surface area contributed by atoms with Gasteiger partial charge in [-0.2, -0.15) is 0 Å². The van der Waals surface area contributed by atoms with Crippen molar-refractivity contribution in [2.45, 2.75) is 63.5 Å². The third-order valence-electron chi connectivity index (χ3n) is 5.06. The Balaban J connectivity index is 2.14. The van der Waals surface area contributed by atoms with Gasteiger partial charge in [0.2, 0.25) is 5.91 Å². The molecular weight excluding hydrogens is 433 g/mol. The van der Waals surface area contributed by atoms with E-state index >= 15 is 0 Å². The van der Waals surface area contributed by atoms with E-state index in [4.69, 9.17) is 21.9 Å². The fourth-order valence-corrected chi connectivity index (χ4v) is 3.58. The van der Waals surface area contributed by atoms with Crippen LogP contribution in [0.5, 0.6) is 0 Å². The summed E-state index contributed by atoms with van der Waals surface area (Å²) in [7, 11) is 0. The Morgan fingerprint density at radius 1 is 1.32 bits per heavy atom. The molecule has 0 radical (unpaired) electrons. The van der Waals surface area contributed by atoms with Crippen molar-refractivity contribution in [2.75, 3.05) is 6.54 Å². The lowest BCUT2D eigenvalue weighted by Crippen LogP contribution is -2.56. The fraction of sp³-hybridized carbons (Fsp3) is 0.632. The van der Waals surface area contributed by atoms with Gasteiger partial charge in [0.25, 0.3) is 23.4 Å². The lowest BCUT2D eigenvalue weighted by molar-refractivity contribution is -0.144. The number of nitrogens with two attached hydrogens (primary N) is 1. The molecule has 1 heterocycles. The van der Waals surface area contributed by atoms with Crippen LogP contribution in [0, 0.1) is 12.8 Å².